The average Bonchev–Trinajstić information content (AvgIpc) is 2.61. The Morgan fingerprint density at radius 1 is 0.778 bits per heavy atom. The number of hydrogen-bond donors (Lipinski definition) is 5. The van der Waals surface area contributed by atoms with Crippen LogP contribution in [0.2, 0.25) is 0 Å². The minimum atomic E-state index is -0.778. The van der Waals surface area contributed by atoms with Crippen molar-refractivity contribution in [1.29, 1.82) is 0 Å². The van der Waals surface area contributed by atoms with Crippen LogP contribution in [0.15, 0.2) is 30.3 Å². The molecule has 0 radical (unpaired) electrons. The van der Waals surface area contributed by atoms with Crippen LogP contribution in [0.25, 0.3) is 0 Å². The fourth-order valence-electron chi connectivity index (χ4n) is 2.33. The van der Waals surface area contributed by atoms with Gasteiger partial charge in [-0.3, -0.25) is 25.2 Å². The summed E-state index contributed by atoms with van der Waals surface area (Å²) >= 11 is 0. The number of hydrogen-bond acceptors (Lipinski definition) is 5. The maximum Gasteiger partial charge on any atom is 0.261 e. The number of benzene rings is 1. The van der Waals surface area contributed by atoms with Gasteiger partial charge in [-0.25, -0.2) is 0 Å². The maximum absolute atomic E-state index is 12.7. The summed E-state index contributed by atoms with van der Waals surface area (Å²) in [7, 11) is 0. The maximum atomic E-state index is 12.7. The van der Waals surface area contributed by atoms with Crippen LogP contribution in [0, 0.1) is 11.8 Å². The Balaban J connectivity index is 2.76. The van der Waals surface area contributed by atoms with Crippen LogP contribution in [0.5, 0.6) is 0 Å². The quantitative estimate of drug-likeness (QED) is 0.406. The first-order chi connectivity index (χ1) is 12.6. The molecule has 0 aliphatic rings. The Kier molecular flexibility index (Phi) is 8.74. The summed E-state index contributed by atoms with van der Waals surface area (Å²) in [6.07, 6.45) is 0. The van der Waals surface area contributed by atoms with E-state index < -0.39 is 29.9 Å². The number of nitrogens with two attached hydrogens (primary N) is 1. The fourth-order valence-corrected chi connectivity index (χ4v) is 2.33. The molecule has 0 fully saturated rings. The van der Waals surface area contributed by atoms with E-state index in [0.29, 0.717) is 0 Å². The fraction of sp³-hybridized carbons (Fsp3) is 0.526. The third-order valence-electron chi connectivity index (χ3n) is 4.01. The van der Waals surface area contributed by atoms with E-state index in [1.165, 1.54) is 0 Å². The lowest BCUT2D eigenvalue weighted by atomic mass is 9.99. The summed E-state index contributed by atoms with van der Waals surface area (Å²) in [4.78, 5) is 37.1. The number of rotatable bonds is 9. The number of nitrogens with one attached hydrogen (secondary N) is 4. The molecule has 0 unspecified atom stereocenters. The molecule has 1 aromatic carbocycles. The lowest BCUT2D eigenvalue weighted by Crippen LogP contribution is -2.58. The van der Waals surface area contributed by atoms with E-state index in [1.807, 2.05) is 58.0 Å². The first kappa shape index (κ1) is 22.4. The molecule has 3 atom stereocenters. The van der Waals surface area contributed by atoms with Gasteiger partial charge in [-0.2, -0.15) is 0 Å². The molecule has 3 amide bonds. The van der Waals surface area contributed by atoms with Gasteiger partial charge < -0.3 is 16.4 Å². The lowest BCUT2D eigenvalue weighted by molar-refractivity contribution is -0.133. The first-order valence-corrected chi connectivity index (χ1v) is 9.10. The Morgan fingerprint density at radius 3 is 1.74 bits per heavy atom. The normalized spacial score (nSPS) is 14.2. The molecule has 0 spiro atoms. The highest BCUT2D eigenvalue weighted by Gasteiger charge is 2.30. The molecule has 27 heavy (non-hydrogen) atoms. The van der Waals surface area contributed by atoms with Crippen molar-refractivity contribution in [2.45, 2.75) is 52.7 Å². The highest BCUT2D eigenvalue weighted by Crippen LogP contribution is 2.08. The van der Waals surface area contributed by atoms with Crippen LogP contribution in [-0.4, -0.2) is 35.8 Å². The smallest absolute Gasteiger partial charge is 0.261 e. The summed E-state index contributed by atoms with van der Waals surface area (Å²) in [5.41, 5.74) is 11.7. The molecule has 1 aromatic rings. The van der Waals surface area contributed by atoms with Crippen LogP contribution in [0.3, 0.4) is 0 Å². The van der Waals surface area contributed by atoms with Gasteiger partial charge in [0.2, 0.25) is 11.8 Å². The molecule has 0 bridgehead atoms. The molecule has 8 nitrogen and oxygen atoms in total. The van der Waals surface area contributed by atoms with Crippen LogP contribution >= 0.6 is 0 Å². The third-order valence-corrected chi connectivity index (χ3v) is 4.01. The van der Waals surface area contributed by atoms with Crippen molar-refractivity contribution in [1.82, 2.24) is 16.1 Å². The van der Waals surface area contributed by atoms with Gasteiger partial charge in [0.15, 0.2) is 0 Å². The zero-order valence-corrected chi connectivity index (χ0v) is 16.6. The zero-order chi connectivity index (χ0) is 20.6. The van der Waals surface area contributed by atoms with Crippen molar-refractivity contribution in [3.63, 3.8) is 0 Å². The highest BCUT2D eigenvalue weighted by molar-refractivity contribution is 5.93. The molecule has 6 N–H and O–H groups in total. The topological polar surface area (TPSA) is 125 Å². The van der Waals surface area contributed by atoms with E-state index >= 15 is 0 Å². The minimum absolute atomic E-state index is 0.150. The molecule has 0 heterocycles. The second-order valence-corrected chi connectivity index (χ2v) is 7.23. The molecular formula is C19H31N5O3. The molecule has 0 aromatic heterocycles. The van der Waals surface area contributed by atoms with E-state index in [4.69, 9.17) is 5.73 Å². The van der Waals surface area contributed by atoms with Crippen LogP contribution in [-0.2, 0) is 14.4 Å². The van der Waals surface area contributed by atoms with Crippen LogP contribution < -0.4 is 27.2 Å². The van der Waals surface area contributed by atoms with Gasteiger partial charge in [-0.1, -0.05) is 45.9 Å². The molecule has 0 aliphatic carbocycles. The number of para-hydroxylation sites is 1. The van der Waals surface area contributed by atoms with Crippen molar-refractivity contribution < 1.29 is 14.4 Å². The number of carbonyl (C=O) groups excluding carboxylic acids is 3. The van der Waals surface area contributed by atoms with Gasteiger partial charge in [0.05, 0.1) is 11.7 Å². The molecule has 0 saturated heterocycles. The minimum Gasteiger partial charge on any atom is -0.343 e. The van der Waals surface area contributed by atoms with E-state index in [9.17, 15) is 14.4 Å². The molecule has 0 aliphatic heterocycles. The van der Waals surface area contributed by atoms with Gasteiger partial charge in [-0.15, -0.1) is 0 Å². The average molecular weight is 377 g/mol. The Morgan fingerprint density at radius 2 is 1.26 bits per heavy atom. The summed E-state index contributed by atoms with van der Waals surface area (Å²) in [6.45, 7) is 8.83. The zero-order valence-electron chi connectivity index (χ0n) is 16.6. The van der Waals surface area contributed by atoms with Crippen molar-refractivity contribution in [3.8, 4) is 0 Å². The second-order valence-electron chi connectivity index (χ2n) is 7.23. The number of anilines is 1. The van der Waals surface area contributed by atoms with Gasteiger partial charge in [0, 0.05) is 0 Å². The Labute approximate surface area is 160 Å². The standard InChI is InChI=1S/C19H31N5O3/c1-11(2)15(21-17(25)13(5)20)18(26)22-16(12(3)4)19(27)24-23-14-9-7-6-8-10-14/h6-13,15-16,23H,20H2,1-5H3,(H,21,25)(H,22,26)(H,24,27)/t13-,15-,16-/m0/s1. The second kappa shape index (κ2) is 10.5. The largest absolute Gasteiger partial charge is 0.343 e. The summed E-state index contributed by atoms with van der Waals surface area (Å²) < 4.78 is 0. The van der Waals surface area contributed by atoms with Crippen molar-refractivity contribution in [2.24, 2.45) is 17.6 Å². The third kappa shape index (κ3) is 7.26. The van der Waals surface area contributed by atoms with Gasteiger partial charge >= 0.3 is 0 Å². The van der Waals surface area contributed by atoms with Crippen molar-refractivity contribution >= 4 is 23.4 Å². The van der Waals surface area contributed by atoms with E-state index in [2.05, 4.69) is 21.5 Å². The van der Waals surface area contributed by atoms with Crippen molar-refractivity contribution in [2.75, 3.05) is 5.43 Å². The summed E-state index contributed by atoms with van der Waals surface area (Å²) in [6, 6.07) is 6.89. The summed E-state index contributed by atoms with van der Waals surface area (Å²) in [5, 5.41) is 5.37. The molecule has 150 valence electrons. The SMILES string of the molecule is CC(C)[C@H](NC(=O)[C@H](C)N)C(=O)N[C@H](C(=O)NNc1ccccc1)C(C)C. The monoisotopic (exact) mass is 377 g/mol. The Bertz CT molecular complexity index is 631. The molecule has 1 rings (SSSR count). The highest BCUT2D eigenvalue weighted by atomic mass is 16.2. The predicted molar refractivity (Wildman–Crippen MR) is 105 cm³/mol. The summed E-state index contributed by atoms with van der Waals surface area (Å²) in [5.74, 6) is -1.52. The van der Waals surface area contributed by atoms with Crippen LogP contribution in [0.1, 0.15) is 34.6 Å². The van der Waals surface area contributed by atoms with Gasteiger partial charge in [0.25, 0.3) is 5.91 Å². The van der Waals surface area contributed by atoms with Crippen LogP contribution in [0.4, 0.5) is 5.69 Å². The van der Waals surface area contributed by atoms with E-state index in [0.717, 1.165) is 5.69 Å². The number of amides is 3. The van der Waals surface area contributed by atoms with Gasteiger partial charge in [-0.05, 0) is 30.9 Å². The van der Waals surface area contributed by atoms with Gasteiger partial charge in [0.1, 0.15) is 12.1 Å². The Hall–Kier alpha value is -2.61. The first-order valence-electron chi connectivity index (χ1n) is 9.10. The predicted octanol–water partition coefficient (Wildman–Crippen LogP) is 0.759. The number of hydrazine groups is 1. The number of carbonyl (C=O) groups is 3. The van der Waals surface area contributed by atoms with Crippen molar-refractivity contribution in [3.05, 3.63) is 30.3 Å². The lowest BCUT2D eigenvalue weighted by Gasteiger charge is -2.27. The molecule has 0 saturated carbocycles. The van der Waals surface area contributed by atoms with E-state index in [1.54, 1.807) is 6.92 Å². The molecular weight excluding hydrogens is 346 g/mol. The molecule has 8 heteroatoms. The van der Waals surface area contributed by atoms with E-state index in [-0.39, 0.29) is 17.7 Å².